The Bertz CT molecular complexity index is 1560. The maximum Gasteiger partial charge on any atom is 0.402 e. The number of aromatic nitrogens is 2. The highest BCUT2D eigenvalue weighted by Crippen LogP contribution is 2.51. The van der Waals surface area contributed by atoms with Crippen LogP contribution in [-0.4, -0.2) is 47.3 Å². The third kappa shape index (κ3) is 4.21. The van der Waals surface area contributed by atoms with Crippen LogP contribution in [0.5, 0.6) is 0 Å². The number of nitrogens with zero attached hydrogens (tertiary/aromatic N) is 4. The molecule has 2 bridgehead atoms. The molecule has 2 aromatic carbocycles. The van der Waals surface area contributed by atoms with Crippen molar-refractivity contribution in [1.82, 2.24) is 18.8 Å². The Kier molecular flexibility index (Phi) is 5.72. The fourth-order valence-corrected chi connectivity index (χ4v) is 8.31. The zero-order chi connectivity index (χ0) is 26.9. The van der Waals surface area contributed by atoms with Gasteiger partial charge < -0.3 is 0 Å². The van der Waals surface area contributed by atoms with E-state index in [0.717, 1.165) is 46.5 Å². The first-order valence-electron chi connectivity index (χ1n) is 12.5. The van der Waals surface area contributed by atoms with Gasteiger partial charge in [-0.15, -0.1) is 0 Å². The SMILES string of the molecule is Cn1nc(-c2ccc3c(c2)C[C@H]2CC[C@@H](C3)[C@]23CN(CC(F)(F)F)S(=O)(=O)N3)cc1-c1ccc(C#N)cc1. The topological polar surface area (TPSA) is 91.0 Å². The molecule has 2 heterocycles. The standard InChI is InChI=1S/C27H26F3N5O2S/c1-34-25(18-4-2-17(14-31)3-5-18)13-24(32-34)20-7-6-19-11-22-8-9-23(12-21(19)10-20)26(22)15-35(16-27(28,29)30)38(36,37)33-26/h2-7,10,13,22-23,33H,8-9,11-12,15-16H2,1H3/t22-,23+,26+/m0/s1. The quantitative estimate of drug-likeness (QED) is 0.538. The second-order valence-electron chi connectivity index (χ2n) is 10.6. The van der Waals surface area contributed by atoms with Crippen LogP contribution in [0.15, 0.2) is 48.5 Å². The number of nitrogens with one attached hydrogen (secondary N) is 1. The Morgan fingerprint density at radius 3 is 2.37 bits per heavy atom. The largest absolute Gasteiger partial charge is 0.402 e. The number of hydrogen-bond acceptors (Lipinski definition) is 4. The van der Waals surface area contributed by atoms with Crippen LogP contribution in [0.1, 0.15) is 29.5 Å². The lowest BCUT2D eigenvalue weighted by atomic mass is 9.79. The molecule has 1 spiro atoms. The van der Waals surface area contributed by atoms with E-state index in [1.54, 1.807) is 16.8 Å². The van der Waals surface area contributed by atoms with Crippen LogP contribution in [0.25, 0.3) is 22.5 Å². The molecule has 1 aromatic heterocycles. The van der Waals surface area contributed by atoms with E-state index in [-0.39, 0.29) is 18.4 Å². The summed E-state index contributed by atoms with van der Waals surface area (Å²) in [6, 6.07) is 17.6. The van der Waals surface area contributed by atoms with Crippen LogP contribution < -0.4 is 4.72 Å². The number of rotatable bonds is 3. The number of alkyl halides is 3. The van der Waals surface area contributed by atoms with E-state index in [1.165, 1.54) is 0 Å². The van der Waals surface area contributed by atoms with Crippen molar-refractivity contribution < 1.29 is 21.6 Å². The Hall–Kier alpha value is -3.20. The predicted molar refractivity (Wildman–Crippen MR) is 135 cm³/mol. The van der Waals surface area contributed by atoms with Gasteiger partial charge in [-0.1, -0.05) is 24.3 Å². The van der Waals surface area contributed by atoms with Crippen LogP contribution in [0.3, 0.4) is 0 Å². The molecule has 3 aromatic rings. The Labute approximate surface area is 219 Å². The molecule has 0 amide bonds. The van der Waals surface area contributed by atoms with Gasteiger partial charge in [0.05, 0.1) is 28.6 Å². The zero-order valence-corrected chi connectivity index (χ0v) is 21.5. The van der Waals surface area contributed by atoms with Crippen LogP contribution in [0, 0.1) is 23.2 Å². The van der Waals surface area contributed by atoms with E-state index in [4.69, 9.17) is 10.4 Å². The van der Waals surface area contributed by atoms with Crippen molar-refractivity contribution in [1.29, 1.82) is 5.26 Å². The number of hydrogen-bond donors (Lipinski definition) is 1. The van der Waals surface area contributed by atoms with Gasteiger partial charge in [0, 0.05) is 19.2 Å². The van der Waals surface area contributed by atoms with E-state index >= 15 is 0 Å². The first kappa shape index (κ1) is 25.1. The molecule has 0 unspecified atom stereocenters. The van der Waals surface area contributed by atoms with Gasteiger partial charge in [0.25, 0.3) is 10.2 Å². The maximum absolute atomic E-state index is 13.1. The van der Waals surface area contributed by atoms with Gasteiger partial charge in [-0.25, -0.2) is 0 Å². The minimum atomic E-state index is -4.60. The fraction of sp³-hybridized carbons (Fsp3) is 0.407. The molecule has 1 N–H and O–H groups in total. The van der Waals surface area contributed by atoms with Gasteiger partial charge in [-0.2, -0.15) is 41.0 Å². The average molecular weight is 542 g/mol. The molecule has 0 radical (unpaired) electrons. The van der Waals surface area contributed by atoms with Crippen molar-refractivity contribution in [3.8, 4) is 28.6 Å². The zero-order valence-electron chi connectivity index (χ0n) is 20.7. The van der Waals surface area contributed by atoms with E-state index in [2.05, 4.69) is 16.9 Å². The van der Waals surface area contributed by atoms with Gasteiger partial charge in [0.1, 0.15) is 6.54 Å². The van der Waals surface area contributed by atoms with Gasteiger partial charge in [0.2, 0.25) is 0 Å². The molecule has 38 heavy (non-hydrogen) atoms. The van der Waals surface area contributed by atoms with E-state index in [9.17, 15) is 21.6 Å². The molecule has 1 aliphatic heterocycles. The first-order valence-corrected chi connectivity index (χ1v) is 13.9. The monoisotopic (exact) mass is 541 g/mol. The van der Waals surface area contributed by atoms with E-state index in [1.807, 2.05) is 37.4 Å². The first-order chi connectivity index (χ1) is 18.0. The molecule has 198 valence electrons. The predicted octanol–water partition coefficient (Wildman–Crippen LogP) is 4.20. The Morgan fingerprint density at radius 2 is 1.71 bits per heavy atom. The van der Waals surface area contributed by atoms with Crippen molar-refractivity contribution in [3.05, 3.63) is 65.2 Å². The normalized spacial score (nSPS) is 26.3. The number of halogens is 3. The number of benzene rings is 2. The summed E-state index contributed by atoms with van der Waals surface area (Å²) in [6.07, 6.45) is -1.84. The van der Waals surface area contributed by atoms with Gasteiger partial charge in [0.15, 0.2) is 0 Å². The smallest absolute Gasteiger partial charge is 0.267 e. The third-order valence-corrected chi connectivity index (χ3v) is 9.97. The van der Waals surface area contributed by atoms with Crippen LogP contribution in [-0.2, 0) is 30.1 Å². The van der Waals surface area contributed by atoms with Crippen LogP contribution in [0.4, 0.5) is 13.2 Å². The molecule has 7 nitrogen and oxygen atoms in total. The summed E-state index contributed by atoms with van der Waals surface area (Å²) in [4.78, 5) is 0. The second-order valence-corrected chi connectivity index (χ2v) is 12.3. The third-order valence-electron chi connectivity index (χ3n) is 8.40. The van der Waals surface area contributed by atoms with E-state index < -0.39 is 28.5 Å². The summed E-state index contributed by atoms with van der Waals surface area (Å²) in [5, 5.41) is 13.8. The summed E-state index contributed by atoms with van der Waals surface area (Å²) in [5.41, 5.74) is 5.45. The highest BCUT2D eigenvalue weighted by molar-refractivity contribution is 7.87. The average Bonchev–Trinajstić information content (AvgIpc) is 3.43. The number of fused-ring (bicyclic) bond motifs is 1. The highest BCUT2D eigenvalue weighted by atomic mass is 32.2. The fourth-order valence-electron chi connectivity index (χ4n) is 6.60. The van der Waals surface area contributed by atoms with E-state index in [0.29, 0.717) is 22.7 Å². The molecular formula is C27H26F3N5O2S. The maximum atomic E-state index is 13.1. The summed E-state index contributed by atoms with van der Waals surface area (Å²) < 4.78 is 69.9. The highest BCUT2D eigenvalue weighted by Gasteiger charge is 2.60. The molecule has 11 heteroatoms. The molecule has 1 saturated heterocycles. The van der Waals surface area contributed by atoms with Gasteiger partial charge in [-0.05, 0) is 78.5 Å². The summed E-state index contributed by atoms with van der Waals surface area (Å²) in [6.45, 7) is -1.62. The van der Waals surface area contributed by atoms with Crippen molar-refractivity contribution in [2.75, 3.05) is 13.1 Å². The second kappa shape index (κ2) is 8.66. The number of nitriles is 1. The minimum absolute atomic E-state index is 0.0644. The van der Waals surface area contributed by atoms with Gasteiger partial charge in [-0.3, -0.25) is 4.68 Å². The van der Waals surface area contributed by atoms with Gasteiger partial charge >= 0.3 is 6.18 Å². The summed E-state index contributed by atoms with van der Waals surface area (Å²) >= 11 is 0. The number of aryl methyl sites for hydroxylation is 1. The molecular weight excluding hydrogens is 515 g/mol. The Morgan fingerprint density at radius 1 is 1.05 bits per heavy atom. The Balaban J connectivity index is 1.30. The van der Waals surface area contributed by atoms with Crippen LogP contribution >= 0.6 is 0 Å². The summed E-state index contributed by atoms with van der Waals surface area (Å²) in [5.74, 6) is -0.152. The lowest BCUT2D eigenvalue weighted by Crippen LogP contribution is -2.52. The minimum Gasteiger partial charge on any atom is -0.267 e. The summed E-state index contributed by atoms with van der Waals surface area (Å²) in [7, 11) is -2.35. The molecule has 3 aliphatic rings. The molecule has 2 aliphatic carbocycles. The lowest BCUT2D eigenvalue weighted by Gasteiger charge is -2.33. The lowest BCUT2D eigenvalue weighted by molar-refractivity contribution is -0.136. The molecule has 2 fully saturated rings. The van der Waals surface area contributed by atoms with Crippen molar-refractivity contribution in [2.24, 2.45) is 18.9 Å². The van der Waals surface area contributed by atoms with Crippen molar-refractivity contribution in [2.45, 2.75) is 37.4 Å². The van der Waals surface area contributed by atoms with Crippen LogP contribution in [0.2, 0.25) is 0 Å². The molecule has 6 rings (SSSR count). The molecule has 3 atom stereocenters. The van der Waals surface area contributed by atoms with Crippen molar-refractivity contribution >= 4 is 10.2 Å². The molecule has 1 saturated carbocycles. The van der Waals surface area contributed by atoms with Crippen molar-refractivity contribution in [3.63, 3.8) is 0 Å².